The predicted octanol–water partition coefficient (Wildman–Crippen LogP) is -0.313. The van der Waals surface area contributed by atoms with Crippen molar-refractivity contribution >= 4 is 17.1 Å². The van der Waals surface area contributed by atoms with Gasteiger partial charge in [0.05, 0.1) is 12.2 Å². The zero-order chi connectivity index (χ0) is 14.7. The van der Waals surface area contributed by atoms with Gasteiger partial charge in [-0.05, 0) is 0 Å². The smallest absolute Gasteiger partial charge is 0.332 e. The van der Waals surface area contributed by atoms with Crippen LogP contribution in [0.2, 0.25) is 0 Å². The fourth-order valence-corrected chi connectivity index (χ4v) is 1.27. The molecule has 0 saturated carbocycles. The largest absolute Gasteiger partial charge is 0.481 e. The van der Waals surface area contributed by atoms with Crippen LogP contribution < -0.4 is 11.2 Å². The monoisotopic (exact) mass is 268 g/mol. The van der Waals surface area contributed by atoms with Crippen LogP contribution in [0.25, 0.3) is 11.2 Å². The summed E-state index contributed by atoms with van der Waals surface area (Å²) in [7, 11) is 3.01. The van der Waals surface area contributed by atoms with Crippen LogP contribution in [-0.2, 0) is 18.9 Å². The van der Waals surface area contributed by atoms with Gasteiger partial charge in [-0.2, -0.15) is 0 Å². The van der Waals surface area contributed by atoms with E-state index in [1.165, 1.54) is 17.9 Å². The van der Waals surface area contributed by atoms with Crippen molar-refractivity contribution in [2.75, 3.05) is 0 Å². The third kappa shape index (κ3) is 2.90. The van der Waals surface area contributed by atoms with Crippen molar-refractivity contribution in [1.82, 2.24) is 19.1 Å². The molecule has 8 nitrogen and oxygen atoms in total. The van der Waals surface area contributed by atoms with Gasteiger partial charge in [-0.15, -0.1) is 0 Å². The third-order valence-corrected chi connectivity index (χ3v) is 2.52. The molecule has 2 N–H and O–H groups in total. The van der Waals surface area contributed by atoms with E-state index in [0.717, 1.165) is 4.57 Å². The lowest BCUT2D eigenvalue weighted by Crippen LogP contribution is -2.36. The first-order valence-corrected chi connectivity index (χ1v) is 5.59. The Hall–Kier alpha value is -2.38. The Morgan fingerprint density at radius 1 is 1.32 bits per heavy atom. The molecule has 0 bridgehead atoms. The maximum Gasteiger partial charge on any atom is 0.332 e. The normalized spacial score (nSPS) is 10.4. The van der Waals surface area contributed by atoms with Gasteiger partial charge < -0.3 is 10.1 Å². The first-order valence-electron chi connectivity index (χ1n) is 5.59. The summed E-state index contributed by atoms with van der Waals surface area (Å²) in [4.78, 5) is 39.1. The van der Waals surface area contributed by atoms with Crippen LogP contribution in [0, 0.1) is 5.92 Å². The van der Waals surface area contributed by atoms with Gasteiger partial charge in [0, 0.05) is 14.1 Å². The van der Waals surface area contributed by atoms with E-state index in [4.69, 9.17) is 5.11 Å². The van der Waals surface area contributed by atoms with E-state index in [1.54, 1.807) is 20.9 Å². The van der Waals surface area contributed by atoms with Gasteiger partial charge in [0.1, 0.15) is 5.52 Å². The molecule has 0 amide bonds. The van der Waals surface area contributed by atoms with Gasteiger partial charge in [0.25, 0.3) is 5.56 Å². The highest BCUT2D eigenvalue weighted by Gasteiger charge is 2.08. The van der Waals surface area contributed by atoms with Crippen molar-refractivity contribution in [3.05, 3.63) is 27.2 Å². The van der Waals surface area contributed by atoms with E-state index in [2.05, 4.69) is 9.97 Å². The molecule has 0 aromatic carbocycles. The van der Waals surface area contributed by atoms with Crippen LogP contribution in [-0.4, -0.2) is 30.2 Å². The van der Waals surface area contributed by atoms with Crippen LogP contribution in [0.4, 0.5) is 0 Å². The Kier molecular flexibility index (Phi) is 4.26. The molecule has 2 aromatic heterocycles. The number of aromatic amines is 1. The minimum Gasteiger partial charge on any atom is -0.481 e. The quantitative estimate of drug-likeness (QED) is 0.737. The third-order valence-electron chi connectivity index (χ3n) is 2.52. The summed E-state index contributed by atoms with van der Waals surface area (Å²) in [6, 6.07) is 0. The van der Waals surface area contributed by atoms with E-state index in [0.29, 0.717) is 11.2 Å². The van der Waals surface area contributed by atoms with Crippen molar-refractivity contribution in [2.45, 2.75) is 13.8 Å². The van der Waals surface area contributed by atoms with E-state index in [9.17, 15) is 14.4 Å². The second-order valence-electron chi connectivity index (χ2n) is 4.30. The minimum atomic E-state index is -0.741. The number of imidazole rings is 1. The highest BCUT2D eigenvalue weighted by Crippen LogP contribution is 1.97. The first-order chi connectivity index (χ1) is 8.77. The number of aromatic nitrogens is 4. The van der Waals surface area contributed by atoms with E-state index >= 15 is 0 Å². The second-order valence-corrected chi connectivity index (χ2v) is 4.30. The Bertz CT molecular complexity index is 708. The standard InChI is InChI=1S/C7H8N4O2.C4H8O2/c1-10-5-4(8-3-9-5)6(12)11(2)7(10)13;1-3(2)4(5)6/h3H,1-2H3,(H,8,9);3H,1-2H3,(H,5,6). The molecule has 2 heterocycles. The molecule has 2 rings (SSSR count). The molecule has 0 aliphatic heterocycles. The van der Waals surface area contributed by atoms with E-state index in [1.807, 2.05) is 0 Å². The maximum atomic E-state index is 11.4. The number of rotatable bonds is 1. The van der Waals surface area contributed by atoms with Gasteiger partial charge in [-0.25, -0.2) is 9.78 Å². The molecule has 104 valence electrons. The molecule has 0 atom stereocenters. The number of hydrogen-bond donors (Lipinski definition) is 2. The van der Waals surface area contributed by atoms with Crippen LogP contribution in [0.5, 0.6) is 0 Å². The molecule has 0 fully saturated rings. The van der Waals surface area contributed by atoms with Gasteiger partial charge >= 0.3 is 11.7 Å². The predicted molar refractivity (Wildman–Crippen MR) is 69.0 cm³/mol. The number of hydrogen-bond acceptors (Lipinski definition) is 4. The highest BCUT2D eigenvalue weighted by molar-refractivity contribution is 5.69. The summed E-state index contributed by atoms with van der Waals surface area (Å²) in [5, 5.41) is 7.99. The maximum absolute atomic E-state index is 11.4. The number of carboxylic acids is 1. The molecule has 0 aliphatic carbocycles. The van der Waals surface area contributed by atoms with Crippen molar-refractivity contribution in [3.8, 4) is 0 Å². The zero-order valence-corrected chi connectivity index (χ0v) is 11.2. The minimum absolute atomic E-state index is 0.231. The fourth-order valence-electron chi connectivity index (χ4n) is 1.27. The summed E-state index contributed by atoms with van der Waals surface area (Å²) in [5.74, 6) is -0.972. The van der Waals surface area contributed by atoms with E-state index in [-0.39, 0.29) is 17.2 Å². The summed E-state index contributed by atoms with van der Waals surface area (Å²) in [6.45, 7) is 3.28. The average Bonchev–Trinajstić information content (AvgIpc) is 2.83. The molecule has 19 heavy (non-hydrogen) atoms. The van der Waals surface area contributed by atoms with E-state index < -0.39 is 5.97 Å². The zero-order valence-electron chi connectivity index (χ0n) is 11.2. The number of aliphatic carboxylic acids is 1. The average molecular weight is 268 g/mol. The van der Waals surface area contributed by atoms with Crippen LogP contribution in [0.15, 0.2) is 15.9 Å². The molecule has 0 spiro atoms. The lowest BCUT2D eigenvalue weighted by Gasteiger charge is -2.00. The number of carbonyl (C=O) groups is 1. The Morgan fingerprint density at radius 2 is 1.84 bits per heavy atom. The summed E-state index contributed by atoms with van der Waals surface area (Å²) < 4.78 is 2.37. The Morgan fingerprint density at radius 3 is 2.32 bits per heavy atom. The number of aryl methyl sites for hydroxylation is 1. The summed E-state index contributed by atoms with van der Waals surface area (Å²) >= 11 is 0. The van der Waals surface area contributed by atoms with Gasteiger partial charge in [0.2, 0.25) is 0 Å². The first kappa shape index (κ1) is 14.7. The highest BCUT2D eigenvalue weighted by atomic mass is 16.4. The molecule has 0 aliphatic rings. The van der Waals surface area contributed by atoms with Crippen LogP contribution in [0.3, 0.4) is 0 Å². The molecule has 0 radical (unpaired) electrons. The van der Waals surface area contributed by atoms with Crippen LogP contribution >= 0.6 is 0 Å². The second kappa shape index (κ2) is 5.51. The van der Waals surface area contributed by atoms with Crippen molar-refractivity contribution in [3.63, 3.8) is 0 Å². The van der Waals surface area contributed by atoms with Gasteiger partial charge in [-0.3, -0.25) is 18.7 Å². The van der Waals surface area contributed by atoms with Crippen molar-refractivity contribution in [2.24, 2.45) is 20.0 Å². The molecular formula is C11H16N4O4. The van der Waals surface area contributed by atoms with Crippen LogP contribution in [0.1, 0.15) is 13.8 Å². The topological polar surface area (TPSA) is 110 Å². The molecule has 0 saturated heterocycles. The number of nitrogens with one attached hydrogen (secondary N) is 1. The molecule has 2 aromatic rings. The number of fused-ring (bicyclic) bond motifs is 1. The number of nitrogens with zero attached hydrogens (tertiary/aromatic N) is 3. The molecular weight excluding hydrogens is 252 g/mol. The summed E-state index contributed by atoms with van der Waals surface area (Å²) in [6.07, 6.45) is 1.39. The lowest BCUT2D eigenvalue weighted by molar-refractivity contribution is -0.140. The Labute approximate surface area is 108 Å². The molecule has 0 unspecified atom stereocenters. The number of H-pyrrole nitrogens is 1. The lowest BCUT2D eigenvalue weighted by atomic mass is 10.2. The van der Waals surface area contributed by atoms with Crippen molar-refractivity contribution < 1.29 is 9.90 Å². The van der Waals surface area contributed by atoms with Gasteiger partial charge in [0.15, 0.2) is 5.65 Å². The SMILES string of the molecule is CC(C)C(=O)O.Cn1c(=O)c2[nH]cnc2n(C)c1=O. The summed E-state index contributed by atoms with van der Waals surface area (Å²) in [5.41, 5.74) is 0.0119. The number of carboxylic acid groups (broad SMARTS) is 1. The fraction of sp³-hybridized carbons (Fsp3) is 0.455. The van der Waals surface area contributed by atoms with Crippen molar-refractivity contribution in [1.29, 1.82) is 0 Å². The van der Waals surface area contributed by atoms with Gasteiger partial charge in [-0.1, -0.05) is 13.8 Å². The molecule has 8 heteroatoms. The Balaban J connectivity index is 0.000000258.